The zero-order chi connectivity index (χ0) is 16.3. The van der Waals surface area contributed by atoms with E-state index in [0.29, 0.717) is 13.1 Å². The van der Waals surface area contributed by atoms with E-state index in [4.69, 9.17) is 5.11 Å². The maximum absolute atomic E-state index is 12.0. The minimum absolute atomic E-state index is 0.0533. The van der Waals surface area contributed by atoms with Crippen molar-refractivity contribution in [1.82, 2.24) is 4.57 Å². The van der Waals surface area contributed by atoms with Gasteiger partial charge in [-0.25, -0.2) is 0 Å². The summed E-state index contributed by atoms with van der Waals surface area (Å²) in [7, 11) is 1.86. The second-order valence-electron chi connectivity index (χ2n) is 5.52. The molecule has 2 rings (SSSR count). The fraction of sp³-hybridized carbons (Fsp3) is 0.294. The highest BCUT2D eigenvalue weighted by Gasteiger charge is 2.08. The Balaban J connectivity index is 2.39. The van der Waals surface area contributed by atoms with Gasteiger partial charge in [-0.2, -0.15) is 0 Å². The van der Waals surface area contributed by atoms with Crippen LogP contribution in [0.4, 0.5) is 5.69 Å². The minimum atomic E-state index is -0.817. The Kier molecular flexibility index (Phi) is 4.65. The van der Waals surface area contributed by atoms with E-state index in [1.807, 2.05) is 37.1 Å². The van der Waals surface area contributed by atoms with E-state index in [0.717, 1.165) is 22.2 Å². The highest BCUT2D eigenvalue weighted by molar-refractivity contribution is 5.83. The molecule has 5 nitrogen and oxygen atoms in total. The van der Waals surface area contributed by atoms with Crippen molar-refractivity contribution in [1.29, 1.82) is 0 Å². The summed E-state index contributed by atoms with van der Waals surface area (Å²) < 4.78 is 1.69. The Morgan fingerprint density at radius 2 is 2.05 bits per heavy atom. The quantitative estimate of drug-likeness (QED) is 0.833. The highest BCUT2D eigenvalue weighted by Crippen LogP contribution is 2.21. The number of aliphatic carboxylic acids is 1. The molecule has 0 bridgehead atoms. The molecule has 1 aromatic carbocycles. The summed E-state index contributed by atoms with van der Waals surface area (Å²) in [6.45, 7) is 6.68. The molecule has 1 aromatic heterocycles. The summed E-state index contributed by atoms with van der Waals surface area (Å²) in [5.41, 5.74) is 2.64. The van der Waals surface area contributed by atoms with Gasteiger partial charge in [-0.15, -0.1) is 0 Å². The highest BCUT2D eigenvalue weighted by atomic mass is 16.4. The Morgan fingerprint density at radius 1 is 1.32 bits per heavy atom. The van der Waals surface area contributed by atoms with Crippen LogP contribution in [0.1, 0.15) is 13.3 Å². The zero-order valence-electron chi connectivity index (χ0n) is 12.9. The number of nitrogens with zero attached hydrogens (tertiary/aromatic N) is 2. The number of hydrogen-bond acceptors (Lipinski definition) is 3. The Bertz CT molecular complexity index is 777. The van der Waals surface area contributed by atoms with Gasteiger partial charge in [0.05, 0.1) is 11.9 Å². The number of rotatable bonds is 6. The Hall–Kier alpha value is -2.56. The first-order chi connectivity index (χ1) is 10.4. The number of carboxylic acids is 1. The zero-order valence-corrected chi connectivity index (χ0v) is 12.9. The first-order valence-electron chi connectivity index (χ1n) is 7.09. The molecule has 2 aromatic rings. The fourth-order valence-corrected chi connectivity index (χ4v) is 2.35. The molecule has 0 aliphatic heterocycles. The number of anilines is 1. The lowest BCUT2D eigenvalue weighted by molar-refractivity contribution is -0.136. The minimum Gasteiger partial charge on any atom is -0.481 e. The molecule has 1 N–H and O–H groups in total. The van der Waals surface area contributed by atoms with Gasteiger partial charge < -0.3 is 14.6 Å². The second-order valence-corrected chi connectivity index (χ2v) is 5.52. The molecule has 116 valence electrons. The summed E-state index contributed by atoms with van der Waals surface area (Å²) in [6.07, 6.45) is 0.0870. The fourth-order valence-electron chi connectivity index (χ4n) is 2.35. The van der Waals surface area contributed by atoms with Crippen LogP contribution in [-0.2, 0) is 11.3 Å². The number of pyridine rings is 1. The number of fused-ring (bicyclic) bond motifs is 1. The van der Waals surface area contributed by atoms with E-state index in [-0.39, 0.29) is 12.0 Å². The Morgan fingerprint density at radius 3 is 2.68 bits per heavy atom. The lowest BCUT2D eigenvalue weighted by Gasteiger charge is -2.19. The average Bonchev–Trinajstić information content (AvgIpc) is 2.47. The number of hydrogen-bond donors (Lipinski definition) is 1. The molecule has 0 saturated heterocycles. The van der Waals surface area contributed by atoms with Crippen molar-refractivity contribution < 1.29 is 9.90 Å². The molecule has 0 saturated carbocycles. The van der Waals surface area contributed by atoms with Gasteiger partial charge in [0.15, 0.2) is 0 Å². The molecule has 0 unspecified atom stereocenters. The topological polar surface area (TPSA) is 62.5 Å². The van der Waals surface area contributed by atoms with E-state index in [1.54, 1.807) is 16.7 Å². The van der Waals surface area contributed by atoms with Crippen LogP contribution in [0.2, 0.25) is 0 Å². The third kappa shape index (κ3) is 3.55. The smallest absolute Gasteiger partial charge is 0.305 e. The standard InChI is InChI=1S/C17H20N2O3/c1-12(2)11-19-15-6-5-14(18(3)9-8-17(21)22)10-13(15)4-7-16(19)20/h4-7,10H,1,8-9,11H2,2-3H3,(H,21,22). The third-order valence-corrected chi connectivity index (χ3v) is 3.50. The molecule has 1 heterocycles. The lowest BCUT2D eigenvalue weighted by atomic mass is 10.1. The van der Waals surface area contributed by atoms with Crippen LogP contribution in [0, 0.1) is 0 Å². The number of benzene rings is 1. The lowest BCUT2D eigenvalue weighted by Crippen LogP contribution is -2.22. The third-order valence-electron chi connectivity index (χ3n) is 3.50. The maximum atomic E-state index is 12.0. The number of aromatic nitrogens is 1. The van der Waals surface area contributed by atoms with Crippen molar-refractivity contribution in [2.75, 3.05) is 18.5 Å². The van der Waals surface area contributed by atoms with Gasteiger partial charge in [-0.05, 0) is 31.2 Å². The van der Waals surface area contributed by atoms with Gasteiger partial charge >= 0.3 is 5.97 Å². The van der Waals surface area contributed by atoms with E-state index in [2.05, 4.69) is 6.58 Å². The number of carboxylic acid groups (broad SMARTS) is 1. The van der Waals surface area contributed by atoms with Gasteiger partial charge in [0.2, 0.25) is 0 Å². The maximum Gasteiger partial charge on any atom is 0.305 e. The molecule has 0 spiro atoms. The predicted octanol–water partition coefficient (Wildman–Crippen LogP) is 2.49. The molecule has 0 radical (unpaired) electrons. The predicted molar refractivity (Wildman–Crippen MR) is 88.5 cm³/mol. The Labute approximate surface area is 129 Å². The summed E-state index contributed by atoms with van der Waals surface area (Å²) in [5, 5.41) is 9.70. The van der Waals surface area contributed by atoms with Crippen molar-refractivity contribution in [2.24, 2.45) is 0 Å². The van der Waals surface area contributed by atoms with E-state index < -0.39 is 5.97 Å². The molecular weight excluding hydrogens is 280 g/mol. The molecule has 0 aliphatic rings. The van der Waals surface area contributed by atoms with Crippen molar-refractivity contribution in [3.05, 3.63) is 52.8 Å². The molecule has 0 amide bonds. The summed E-state index contributed by atoms with van der Waals surface area (Å²) in [5.74, 6) is -0.817. The summed E-state index contributed by atoms with van der Waals surface area (Å²) in [4.78, 5) is 24.6. The van der Waals surface area contributed by atoms with Crippen molar-refractivity contribution in [3.63, 3.8) is 0 Å². The molecular formula is C17H20N2O3. The second kappa shape index (κ2) is 6.47. The van der Waals surface area contributed by atoms with Crippen molar-refractivity contribution in [3.8, 4) is 0 Å². The van der Waals surface area contributed by atoms with Crippen LogP contribution in [0.5, 0.6) is 0 Å². The number of carbonyl (C=O) groups is 1. The van der Waals surface area contributed by atoms with Crippen LogP contribution in [0.25, 0.3) is 10.9 Å². The normalized spacial score (nSPS) is 10.6. The van der Waals surface area contributed by atoms with Crippen molar-refractivity contribution in [2.45, 2.75) is 19.9 Å². The van der Waals surface area contributed by atoms with Crippen LogP contribution in [-0.4, -0.2) is 29.2 Å². The molecule has 0 aliphatic carbocycles. The monoisotopic (exact) mass is 300 g/mol. The first-order valence-corrected chi connectivity index (χ1v) is 7.09. The van der Waals surface area contributed by atoms with E-state index in [9.17, 15) is 9.59 Å². The first kappa shape index (κ1) is 15.8. The molecule has 0 atom stereocenters. The number of allylic oxidation sites excluding steroid dienone is 1. The van der Waals surface area contributed by atoms with Crippen LogP contribution in [0.15, 0.2) is 47.3 Å². The molecule has 5 heteroatoms. The van der Waals surface area contributed by atoms with Crippen LogP contribution < -0.4 is 10.5 Å². The van der Waals surface area contributed by atoms with Gasteiger partial charge in [0.1, 0.15) is 0 Å². The summed E-state index contributed by atoms with van der Waals surface area (Å²) >= 11 is 0. The van der Waals surface area contributed by atoms with Crippen molar-refractivity contribution >= 4 is 22.6 Å². The van der Waals surface area contributed by atoms with E-state index in [1.165, 1.54) is 0 Å². The molecule has 22 heavy (non-hydrogen) atoms. The van der Waals surface area contributed by atoms with Gasteiger partial charge in [0, 0.05) is 37.3 Å². The van der Waals surface area contributed by atoms with Gasteiger partial charge in [-0.1, -0.05) is 12.2 Å². The largest absolute Gasteiger partial charge is 0.481 e. The van der Waals surface area contributed by atoms with Crippen LogP contribution in [0.3, 0.4) is 0 Å². The van der Waals surface area contributed by atoms with Crippen LogP contribution >= 0.6 is 0 Å². The van der Waals surface area contributed by atoms with Gasteiger partial charge in [0.25, 0.3) is 5.56 Å². The SMILES string of the molecule is C=C(C)Cn1c(=O)ccc2cc(N(C)CCC(=O)O)ccc21. The van der Waals surface area contributed by atoms with Gasteiger partial charge in [-0.3, -0.25) is 9.59 Å². The molecule has 0 fully saturated rings. The van der Waals surface area contributed by atoms with E-state index >= 15 is 0 Å². The average molecular weight is 300 g/mol. The summed E-state index contributed by atoms with van der Waals surface area (Å²) in [6, 6.07) is 9.10.